The summed E-state index contributed by atoms with van der Waals surface area (Å²) in [5, 5.41) is 0. The Morgan fingerprint density at radius 1 is 0.923 bits per heavy atom. The van der Waals surface area contributed by atoms with Crippen molar-refractivity contribution in [2.24, 2.45) is 0 Å². The lowest BCUT2D eigenvalue weighted by Gasteiger charge is -2.14. The molecule has 0 bridgehead atoms. The molecule has 0 aliphatic heterocycles. The van der Waals surface area contributed by atoms with Gasteiger partial charge in [-0.25, -0.2) is 0 Å². The normalized spacial score (nSPS) is 13.0. The molecule has 0 aromatic heterocycles. The third kappa shape index (κ3) is 4.82. The van der Waals surface area contributed by atoms with Gasteiger partial charge in [0.05, 0.1) is 0 Å². The number of hydrogen-bond acceptors (Lipinski definition) is 1. The zero-order valence-corrected chi connectivity index (χ0v) is 17.3. The number of hydrogen-bond donors (Lipinski definition) is 0. The Morgan fingerprint density at radius 2 is 1.65 bits per heavy atom. The summed E-state index contributed by atoms with van der Waals surface area (Å²) in [6.07, 6.45) is 9.66. The molecule has 0 saturated heterocycles. The van der Waals surface area contributed by atoms with Gasteiger partial charge in [-0.3, -0.25) is 0 Å². The molecule has 0 atom stereocenters. The second-order valence-electron chi connectivity index (χ2n) is 7.49. The van der Waals surface area contributed by atoms with Crippen LogP contribution >= 0.6 is 11.8 Å². The second-order valence-corrected chi connectivity index (χ2v) is 8.51. The fraction of sp³-hybridized carbons (Fsp3) is 0.440. The van der Waals surface area contributed by atoms with Crippen molar-refractivity contribution < 1.29 is 0 Å². The van der Waals surface area contributed by atoms with E-state index in [1.807, 2.05) is 11.8 Å². The van der Waals surface area contributed by atoms with Crippen LogP contribution in [0.1, 0.15) is 67.3 Å². The number of allylic oxidation sites excluding steroid dienone is 1. The van der Waals surface area contributed by atoms with Crippen molar-refractivity contribution in [3.63, 3.8) is 0 Å². The third-order valence-electron chi connectivity index (χ3n) is 5.54. The average molecular weight is 365 g/mol. The zero-order chi connectivity index (χ0) is 18.4. The first-order valence-corrected chi connectivity index (χ1v) is 11.2. The van der Waals surface area contributed by atoms with Crippen LogP contribution in [0.5, 0.6) is 0 Å². The van der Waals surface area contributed by atoms with Crippen molar-refractivity contribution in [2.75, 3.05) is 0 Å². The van der Waals surface area contributed by atoms with Gasteiger partial charge < -0.3 is 0 Å². The van der Waals surface area contributed by atoms with Crippen molar-refractivity contribution in [1.29, 1.82) is 0 Å². The van der Waals surface area contributed by atoms with E-state index in [2.05, 4.69) is 56.8 Å². The molecule has 0 N–H and O–H groups in total. The molecule has 0 saturated carbocycles. The van der Waals surface area contributed by atoms with Crippen molar-refractivity contribution in [3.8, 4) is 0 Å². The molecular weight excluding hydrogens is 332 g/mol. The zero-order valence-electron chi connectivity index (χ0n) is 16.4. The number of aryl methyl sites for hydroxylation is 2. The van der Waals surface area contributed by atoms with E-state index < -0.39 is 0 Å². The molecule has 0 heterocycles. The van der Waals surface area contributed by atoms with Crippen LogP contribution in [0.3, 0.4) is 0 Å². The van der Waals surface area contributed by atoms with Crippen LogP contribution in [-0.4, -0.2) is 0 Å². The highest BCUT2D eigenvalue weighted by molar-refractivity contribution is 7.98. The predicted molar refractivity (Wildman–Crippen MR) is 116 cm³/mol. The quantitative estimate of drug-likeness (QED) is 0.332. The molecule has 0 amide bonds. The second kappa shape index (κ2) is 9.46. The van der Waals surface area contributed by atoms with Crippen LogP contribution in [0.15, 0.2) is 53.4 Å². The average Bonchev–Trinajstić information content (AvgIpc) is 3.16. The van der Waals surface area contributed by atoms with Gasteiger partial charge in [0.1, 0.15) is 0 Å². The summed E-state index contributed by atoms with van der Waals surface area (Å²) < 4.78 is 0. The molecule has 2 aromatic rings. The smallest absolute Gasteiger partial charge is 0.0232 e. The topological polar surface area (TPSA) is 0 Å². The minimum atomic E-state index is 1.07. The molecule has 26 heavy (non-hydrogen) atoms. The molecule has 1 aliphatic carbocycles. The minimum absolute atomic E-state index is 1.07. The molecular formula is C25H32S. The monoisotopic (exact) mass is 364 g/mol. The van der Waals surface area contributed by atoms with Gasteiger partial charge in [0.2, 0.25) is 0 Å². The molecule has 0 nitrogen and oxygen atoms in total. The molecule has 0 radical (unpaired) electrons. The summed E-state index contributed by atoms with van der Waals surface area (Å²) in [5.74, 6) is 1.07. The maximum atomic E-state index is 4.18. The Kier molecular flexibility index (Phi) is 7.02. The molecule has 1 heteroatoms. The Balaban J connectivity index is 1.67. The van der Waals surface area contributed by atoms with Gasteiger partial charge in [-0.15, -0.1) is 11.8 Å². The van der Waals surface area contributed by atoms with Gasteiger partial charge in [-0.1, -0.05) is 62.8 Å². The van der Waals surface area contributed by atoms with Gasteiger partial charge in [0, 0.05) is 10.6 Å². The maximum absolute atomic E-state index is 4.18. The lowest BCUT2D eigenvalue weighted by molar-refractivity contribution is 0.867. The standard InChI is InChI=1S/C25H32S/c1-4-7-20-11-13-21(14-12-20)18-26-25-17-16-22(15-10-19(3)5-2)23-8-6-9-24(23)25/h11-14,16-17H,3-10,15,18H2,1-2H3. The van der Waals surface area contributed by atoms with Gasteiger partial charge in [0.25, 0.3) is 0 Å². The van der Waals surface area contributed by atoms with Crippen LogP contribution in [-0.2, 0) is 31.4 Å². The van der Waals surface area contributed by atoms with Crippen LogP contribution in [0.25, 0.3) is 0 Å². The van der Waals surface area contributed by atoms with Crippen molar-refractivity contribution in [1.82, 2.24) is 0 Å². The number of thioether (sulfide) groups is 1. The Labute approximate surface area is 164 Å². The van der Waals surface area contributed by atoms with Crippen molar-refractivity contribution in [3.05, 3.63) is 76.4 Å². The lowest BCUT2D eigenvalue weighted by atomic mass is 9.97. The fourth-order valence-corrected chi connectivity index (χ4v) is 4.94. The Hall–Kier alpha value is -1.47. The van der Waals surface area contributed by atoms with Gasteiger partial charge in [-0.2, -0.15) is 0 Å². The first-order chi connectivity index (χ1) is 12.7. The summed E-state index contributed by atoms with van der Waals surface area (Å²) in [6, 6.07) is 14.0. The molecule has 3 rings (SSSR count). The molecule has 0 fully saturated rings. The summed E-state index contributed by atoms with van der Waals surface area (Å²) >= 11 is 2.02. The Bertz CT molecular complexity index is 739. The highest BCUT2D eigenvalue weighted by Gasteiger charge is 2.18. The van der Waals surface area contributed by atoms with E-state index in [4.69, 9.17) is 0 Å². The predicted octanol–water partition coefficient (Wildman–Crippen LogP) is 7.32. The minimum Gasteiger partial charge on any atom is -0.121 e. The SMILES string of the molecule is C=C(CC)CCc1ccc(SCc2ccc(CCC)cc2)c2c1CCC2. The van der Waals surface area contributed by atoms with E-state index in [9.17, 15) is 0 Å². The van der Waals surface area contributed by atoms with E-state index in [0.717, 1.165) is 18.6 Å². The molecule has 0 spiro atoms. The molecule has 2 aromatic carbocycles. The summed E-state index contributed by atoms with van der Waals surface area (Å²) in [6.45, 7) is 8.63. The summed E-state index contributed by atoms with van der Waals surface area (Å²) in [7, 11) is 0. The summed E-state index contributed by atoms with van der Waals surface area (Å²) in [4.78, 5) is 1.51. The van der Waals surface area contributed by atoms with Gasteiger partial charge in [0.15, 0.2) is 0 Å². The van der Waals surface area contributed by atoms with Crippen molar-refractivity contribution >= 4 is 11.8 Å². The van der Waals surface area contributed by atoms with Gasteiger partial charge >= 0.3 is 0 Å². The summed E-state index contributed by atoms with van der Waals surface area (Å²) in [5.41, 5.74) is 9.13. The maximum Gasteiger partial charge on any atom is 0.0232 e. The van der Waals surface area contributed by atoms with Crippen LogP contribution in [0, 0.1) is 0 Å². The molecule has 0 unspecified atom stereocenters. The van der Waals surface area contributed by atoms with E-state index in [1.165, 1.54) is 60.1 Å². The van der Waals surface area contributed by atoms with Crippen LogP contribution < -0.4 is 0 Å². The van der Waals surface area contributed by atoms with Crippen molar-refractivity contribution in [2.45, 2.75) is 75.9 Å². The largest absolute Gasteiger partial charge is 0.121 e. The number of rotatable bonds is 9. The van der Waals surface area contributed by atoms with Crippen LogP contribution in [0.4, 0.5) is 0 Å². The van der Waals surface area contributed by atoms with E-state index in [-0.39, 0.29) is 0 Å². The molecule has 1 aliphatic rings. The third-order valence-corrected chi connectivity index (χ3v) is 6.71. The lowest BCUT2D eigenvalue weighted by Crippen LogP contribution is -1.97. The van der Waals surface area contributed by atoms with E-state index >= 15 is 0 Å². The van der Waals surface area contributed by atoms with Crippen LogP contribution in [0.2, 0.25) is 0 Å². The fourth-order valence-electron chi connectivity index (χ4n) is 3.86. The highest BCUT2D eigenvalue weighted by Crippen LogP contribution is 2.36. The van der Waals surface area contributed by atoms with Gasteiger partial charge in [-0.05, 0) is 78.8 Å². The first-order valence-electron chi connectivity index (χ1n) is 10.2. The molecule has 138 valence electrons. The Morgan fingerprint density at radius 3 is 2.38 bits per heavy atom. The van der Waals surface area contributed by atoms with E-state index in [0.29, 0.717) is 0 Å². The number of fused-ring (bicyclic) bond motifs is 1. The van der Waals surface area contributed by atoms with E-state index in [1.54, 1.807) is 16.7 Å². The highest BCUT2D eigenvalue weighted by atomic mass is 32.2. The first kappa shape index (κ1) is 19.3. The number of benzene rings is 2.